The highest BCUT2D eigenvalue weighted by Gasteiger charge is 2.19. The summed E-state index contributed by atoms with van der Waals surface area (Å²) in [5.74, 6) is -1.94. The fourth-order valence-corrected chi connectivity index (χ4v) is 4.31. The van der Waals surface area contributed by atoms with Crippen molar-refractivity contribution in [1.29, 1.82) is 0 Å². The molecule has 1 aromatic heterocycles. The highest BCUT2D eigenvalue weighted by Crippen LogP contribution is 2.22. The lowest BCUT2D eigenvalue weighted by atomic mass is 9.99. The Bertz CT molecular complexity index is 1600. The van der Waals surface area contributed by atoms with Crippen molar-refractivity contribution in [3.05, 3.63) is 70.5 Å². The number of nitrogen functional groups attached to an aromatic ring is 2. The van der Waals surface area contributed by atoms with E-state index in [0.29, 0.717) is 13.0 Å². The van der Waals surface area contributed by atoms with E-state index in [1.165, 1.54) is 5.56 Å². The van der Waals surface area contributed by atoms with E-state index in [0.717, 1.165) is 36.0 Å². The van der Waals surface area contributed by atoms with Crippen molar-refractivity contribution in [3.8, 4) is 11.1 Å². The van der Waals surface area contributed by atoms with Crippen molar-refractivity contribution in [2.45, 2.75) is 58.5 Å². The van der Waals surface area contributed by atoms with Gasteiger partial charge in [0.1, 0.15) is 5.60 Å². The molecule has 3 rings (SSSR count). The topological polar surface area (TPSA) is 230 Å². The zero-order valence-electron chi connectivity index (χ0n) is 26.6. The fourth-order valence-electron chi connectivity index (χ4n) is 4.18. The van der Waals surface area contributed by atoms with Crippen LogP contribution in [0.5, 0.6) is 0 Å². The molecule has 47 heavy (non-hydrogen) atoms. The molecule has 0 aliphatic carbocycles. The van der Waals surface area contributed by atoms with Crippen LogP contribution in [-0.4, -0.2) is 58.4 Å². The van der Waals surface area contributed by atoms with Gasteiger partial charge in [-0.1, -0.05) is 60.1 Å². The second-order valence-electron chi connectivity index (χ2n) is 11.5. The van der Waals surface area contributed by atoms with Crippen LogP contribution in [0.4, 0.5) is 16.4 Å². The van der Waals surface area contributed by atoms with Crippen LogP contribution in [0, 0.1) is 0 Å². The van der Waals surface area contributed by atoms with E-state index in [1.54, 1.807) is 20.8 Å². The monoisotopic (exact) mass is 665 g/mol. The molecule has 250 valence electrons. The number of hydrogen-bond donors (Lipinski definition) is 6. The Morgan fingerprint density at radius 1 is 0.830 bits per heavy atom. The Balaban J connectivity index is 1.36. The fraction of sp³-hybridized carbons (Fsp3) is 0.344. The molecule has 0 saturated heterocycles. The van der Waals surface area contributed by atoms with Crippen LogP contribution in [0.15, 0.2) is 53.5 Å². The first-order chi connectivity index (χ1) is 22.2. The number of nitrogens with zero attached hydrogens (tertiary/aromatic N) is 3. The molecule has 9 N–H and O–H groups in total. The third kappa shape index (κ3) is 12.6. The number of halogens is 1. The summed E-state index contributed by atoms with van der Waals surface area (Å²) in [4.78, 5) is 59.7. The van der Waals surface area contributed by atoms with Gasteiger partial charge in [0, 0.05) is 13.0 Å². The predicted molar refractivity (Wildman–Crippen MR) is 180 cm³/mol. The van der Waals surface area contributed by atoms with Crippen LogP contribution in [-0.2, 0) is 27.2 Å². The van der Waals surface area contributed by atoms with Crippen molar-refractivity contribution < 1.29 is 23.9 Å². The van der Waals surface area contributed by atoms with Gasteiger partial charge >= 0.3 is 6.09 Å². The zero-order chi connectivity index (χ0) is 34.6. The van der Waals surface area contributed by atoms with Crippen LogP contribution >= 0.6 is 11.6 Å². The number of carbonyl (C=O) groups excluding carboxylic acids is 4. The van der Waals surface area contributed by atoms with E-state index >= 15 is 0 Å². The van der Waals surface area contributed by atoms with E-state index in [4.69, 9.17) is 33.5 Å². The van der Waals surface area contributed by atoms with E-state index in [1.807, 2.05) is 24.3 Å². The average Bonchev–Trinajstić information content (AvgIpc) is 3.00. The van der Waals surface area contributed by atoms with Crippen LogP contribution in [0.1, 0.15) is 61.6 Å². The largest absolute Gasteiger partial charge is 0.444 e. The first-order valence-corrected chi connectivity index (χ1v) is 15.3. The normalized spacial score (nSPS) is 11.4. The smallest absolute Gasteiger partial charge is 0.414 e. The van der Waals surface area contributed by atoms with Crippen molar-refractivity contribution in [3.63, 3.8) is 0 Å². The van der Waals surface area contributed by atoms with Gasteiger partial charge in [0.25, 0.3) is 5.91 Å². The molecule has 4 amide bonds. The molecule has 0 unspecified atom stereocenters. The molecule has 0 aliphatic heterocycles. The Morgan fingerprint density at radius 2 is 1.43 bits per heavy atom. The molecule has 3 aromatic rings. The molecule has 0 spiro atoms. The number of nitrogens with two attached hydrogens (primary N) is 3. The number of anilines is 2. The number of aromatic nitrogens is 2. The Kier molecular flexibility index (Phi) is 13.0. The van der Waals surface area contributed by atoms with E-state index in [2.05, 4.69) is 55.2 Å². The molecule has 0 atom stereocenters. The van der Waals surface area contributed by atoms with Gasteiger partial charge in [-0.2, -0.15) is 0 Å². The number of imide groups is 1. The van der Waals surface area contributed by atoms with Gasteiger partial charge < -0.3 is 27.3 Å². The first-order valence-electron chi connectivity index (χ1n) is 14.9. The molecule has 2 aromatic carbocycles. The van der Waals surface area contributed by atoms with Gasteiger partial charge in [0.05, 0.1) is 6.54 Å². The van der Waals surface area contributed by atoms with Crippen molar-refractivity contribution in [2.24, 2.45) is 10.7 Å². The lowest BCUT2D eigenvalue weighted by Gasteiger charge is -2.19. The number of aliphatic imine (C=N–C) groups is 1. The molecular weight excluding hydrogens is 626 g/mol. The summed E-state index contributed by atoms with van der Waals surface area (Å²) in [5, 5.41) is 6.86. The summed E-state index contributed by atoms with van der Waals surface area (Å²) < 4.78 is 5.01. The number of aryl methyl sites for hydroxylation is 2. The molecule has 0 aliphatic rings. The summed E-state index contributed by atoms with van der Waals surface area (Å²) in [5.41, 5.74) is 20.4. The van der Waals surface area contributed by atoms with Gasteiger partial charge in [0.15, 0.2) is 28.4 Å². The first kappa shape index (κ1) is 36.2. The maximum Gasteiger partial charge on any atom is 0.414 e. The number of amides is 4. The summed E-state index contributed by atoms with van der Waals surface area (Å²) in [6.45, 7) is 5.17. The SMILES string of the molecule is CC(C)(C)OC(=O)NC(=O)CNC(=O)CCc1ccc(-c2ccc(CCCCN=C(N)NC(=O)c3nc(Cl)c(N)nc3N)cc2)cc1. The maximum absolute atomic E-state index is 12.3. The van der Waals surface area contributed by atoms with Gasteiger partial charge in [-0.25, -0.2) is 14.8 Å². The third-order valence-electron chi connectivity index (χ3n) is 6.49. The van der Waals surface area contributed by atoms with Crippen LogP contribution < -0.4 is 33.2 Å². The van der Waals surface area contributed by atoms with Crippen molar-refractivity contribution >= 4 is 53.0 Å². The summed E-state index contributed by atoms with van der Waals surface area (Å²) in [6.07, 6.45) is 2.32. The van der Waals surface area contributed by atoms with Gasteiger partial charge in [-0.05, 0) is 68.7 Å². The van der Waals surface area contributed by atoms with E-state index in [9.17, 15) is 19.2 Å². The van der Waals surface area contributed by atoms with Crippen LogP contribution in [0.3, 0.4) is 0 Å². The Labute approximate surface area is 277 Å². The van der Waals surface area contributed by atoms with Crippen LogP contribution in [0.25, 0.3) is 11.1 Å². The van der Waals surface area contributed by atoms with Crippen molar-refractivity contribution in [2.75, 3.05) is 24.6 Å². The summed E-state index contributed by atoms with van der Waals surface area (Å²) >= 11 is 5.81. The molecular formula is C32H40ClN9O5. The molecule has 1 heterocycles. The zero-order valence-corrected chi connectivity index (χ0v) is 27.3. The minimum Gasteiger partial charge on any atom is -0.444 e. The highest BCUT2D eigenvalue weighted by molar-refractivity contribution is 6.31. The average molecular weight is 666 g/mol. The number of benzene rings is 2. The second-order valence-corrected chi connectivity index (χ2v) is 11.9. The van der Waals surface area contributed by atoms with Gasteiger partial charge in [0.2, 0.25) is 11.8 Å². The number of carbonyl (C=O) groups is 4. The number of hydrogen-bond acceptors (Lipinski definition) is 10. The minimum atomic E-state index is -0.856. The molecule has 0 radical (unpaired) electrons. The minimum absolute atomic E-state index is 0.0658. The number of unbranched alkanes of at least 4 members (excludes halogenated alkanes) is 1. The number of rotatable bonds is 12. The standard InChI is InChI=1S/C32H40ClN9O5/c1-32(2,3)47-31(46)39-24(44)18-38-23(43)16-11-20-9-14-22(15-10-20)21-12-7-19(8-13-21)6-4-5-17-37-30(36)42-29(45)25-27(34)41-28(35)26(33)40-25/h7-10,12-15H,4-6,11,16-18H2,1-3H3,(H,38,43)(H4,34,35,41)(H,39,44,46)(H3,36,37,42,45). The van der Waals surface area contributed by atoms with Gasteiger partial charge in [-0.3, -0.25) is 30.0 Å². The number of ether oxygens (including phenoxy) is 1. The summed E-state index contributed by atoms with van der Waals surface area (Å²) in [6, 6.07) is 16.2. The highest BCUT2D eigenvalue weighted by atomic mass is 35.5. The third-order valence-corrected chi connectivity index (χ3v) is 6.76. The lowest BCUT2D eigenvalue weighted by Crippen LogP contribution is -2.42. The molecule has 0 fully saturated rings. The van der Waals surface area contributed by atoms with E-state index < -0.39 is 23.5 Å². The molecule has 15 heteroatoms. The Morgan fingerprint density at radius 3 is 2.02 bits per heavy atom. The number of guanidine groups is 1. The van der Waals surface area contributed by atoms with Crippen LogP contribution in [0.2, 0.25) is 5.15 Å². The molecule has 0 bridgehead atoms. The Hall–Kier alpha value is -5.24. The van der Waals surface area contributed by atoms with E-state index in [-0.39, 0.29) is 47.3 Å². The summed E-state index contributed by atoms with van der Waals surface area (Å²) in [7, 11) is 0. The predicted octanol–water partition coefficient (Wildman–Crippen LogP) is 3.13. The lowest BCUT2D eigenvalue weighted by molar-refractivity contribution is -0.126. The van der Waals surface area contributed by atoms with Gasteiger partial charge in [-0.15, -0.1) is 0 Å². The molecule has 0 saturated carbocycles. The second kappa shape index (κ2) is 16.9. The number of alkyl carbamates (subject to hydrolysis) is 1. The quantitative estimate of drug-likeness (QED) is 0.0940. The number of nitrogens with one attached hydrogen (secondary N) is 3. The van der Waals surface area contributed by atoms with Crippen molar-refractivity contribution in [1.82, 2.24) is 25.9 Å². The maximum atomic E-state index is 12.3. The molecule has 14 nitrogen and oxygen atoms in total.